The molecule has 28 heavy (non-hydrogen) atoms. The molecule has 144 valence electrons. The number of benzene rings is 2. The summed E-state index contributed by atoms with van der Waals surface area (Å²) in [5.41, 5.74) is 1.36. The summed E-state index contributed by atoms with van der Waals surface area (Å²) in [5.74, 6) is 0.888. The first kappa shape index (κ1) is 19.4. The van der Waals surface area contributed by atoms with Crippen LogP contribution in [0.1, 0.15) is 11.1 Å². The highest BCUT2D eigenvalue weighted by atomic mass is 31.2. The lowest BCUT2D eigenvalue weighted by molar-refractivity contribution is -0.385. The Labute approximate surface area is 161 Å². The second-order valence-corrected chi connectivity index (χ2v) is 7.57. The molecule has 0 aliphatic heterocycles. The van der Waals surface area contributed by atoms with Gasteiger partial charge in [-0.1, -0.05) is 36.4 Å². The van der Waals surface area contributed by atoms with Gasteiger partial charge in [-0.15, -0.1) is 0 Å². The maximum absolute atomic E-state index is 13.5. The van der Waals surface area contributed by atoms with Gasteiger partial charge < -0.3 is 9.05 Å². The van der Waals surface area contributed by atoms with Crippen molar-refractivity contribution in [3.05, 3.63) is 88.1 Å². The van der Waals surface area contributed by atoms with Crippen molar-refractivity contribution >= 4 is 19.3 Å². The minimum absolute atomic E-state index is 0.121. The molecule has 8 nitrogen and oxygen atoms in total. The number of hydrogen-bond donors (Lipinski definition) is 1. The van der Waals surface area contributed by atoms with E-state index in [1.807, 2.05) is 38.1 Å². The second kappa shape index (κ2) is 8.10. The Kier molecular flexibility index (Phi) is 5.61. The van der Waals surface area contributed by atoms with Gasteiger partial charge in [-0.3, -0.25) is 15.2 Å². The fourth-order valence-corrected chi connectivity index (χ4v) is 3.81. The zero-order valence-electron chi connectivity index (χ0n) is 15.2. The molecule has 1 heterocycles. The predicted molar refractivity (Wildman–Crippen MR) is 106 cm³/mol. The molecule has 1 N–H and O–H groups in total. The third-order valence-electron chi connectivity index (χ3n) is 3.83. The summed E-state index contributed by atoms with van der Waals surface area (Å²) in [6.07, 6.45) is 1.06. The molecule has 0 radical (unpaired) electrons. The van der Waals surface area contributed by atoms with Crippen LogP contribution in [0.5, 0.6) is 11.5 Å². The van der Waals surface area contributed by atoms with Crippen molar-refractivity contribution in [3.8, 4) is 11.5 Å². The molecular weight excluding hydrogens is 381 g/mol. The third-order valence-corrected chi connectivity index (χ3v) is 5.21. The van der Waals surface area contributed by atoms with Gasteiger partial charge in [0.05, 0.1) is 4.92 Å². The summed E-state index contributed by atoms with van der Waals surface area (Å²) < 4.78 is 25.0. The van der Waals surface area contributed by atoms with E-state index in [0.29, 0.717) is 11.5 Å². The van der Waals surface area contributed by atoms with Crippen molar-refractivity contribution in [1.29, 1.82) is 0 Å². The molecule has 0 saturated carbocycles. The van der Waals surface area contributed by atoms with Crippen LogP contribution in [-0.2, 0) is 4.57 Å². The number of rotatable bonds is 7. The van der Waals surface area contributed by atoms with Gasteiger partial charge in [-0.2, -0.15) is 0 Å². The van der Waals surface area contributed by atoms with Crippen LogP contribution in [0.25, 0.3) is 0 Å². The maximum atomic E-state index is 13.5. The summed E-state index contributed by atoms with van der Waals surface area (Å²) in [6.45, 7) is 3.63. The average molecular weight is 399 g/mol. The van der Waals surface area contributed by atoms with Crippen LogP contribution in [0, 0.1) is 24.0 Å². The van der Waals surface area contributed by atoms with Crippen LogP contribution in [0.15, 0.2) is 66.9 Å². The van der Waals surface area contributed by atoms with Crippen molar-refractivity contribution in [2.24, 2.45) is 0 Å². The van der Waals surface area contributed by atoms with Gasteiger partial charge in [-0.25, -0.2) is 9.55 Å². The van der Waals surface area contributed by atoms with Gasteiger partial charge in [0.25, 0.3) is 5.69 Å². The topological polar surface area (TPSA) is 104 Å². The molecule has 0 saturated heterocycles. The minimum atomic E-state index is -3.96. The zero-order chi connectivity index (χ0) is 20.1. The van der Waals surface area contributed by atoms with Crippen LogP contribution >= 0.6 is 7.75 Å². The number of anilines is 1. The number of aryl methyl sites for hydroxylation is 2. The van der Waals surface area contributed by atoms with E-state index in [4.69, 9.17) is 9.05 Å². The fourth-order valence-electron chi connectivity index (χ4n) is 2.34. The summed E-state index contributed by atoms with van der Waals surface area (Å²) >= 11 is 0. The van der Waals surface area contributed by atoms with Crippen LogP contribution in [0.4, 0.5) is 11.5 Å². The molecule has 3 aromatic rings. The van der Waals surface area contributed by atoms with Gasteiger partial charge in [0.2, 0.25) is 0 Å². The zero-order valence-corrected chi connectivity index (χ0v) is 16.1. The van der Waals surface area contributed by atoms with E-state index in [1.54, 1.807) is 24.3 Å². The normalized spacial score (nSPS) is 10.9. The number of pyridine rings is 1. The molecule has 0 atom stereocenters. The predicted octanol–water partition coefficient (Wildman–Crippen LogP) is 5.28. The van der Waals surface area contributed by atoms with E-state index < -0.39 is 12.7 Å². The van der Waals surface area contributed by atoms with E-state index in [2.05, 4.69) is 10.1 Å². The van der Waals surface area contributed by atoms with Crippen LogP contribution < -0.4 is 14.1 Å². The summed E-state index contributed by atoms with van der Waals surface area (Å²) in [4.78, 5) is 14.2. The molecule has 2 aromatic carbocycles. The number of nitrogens with zero attached hydrogens (tertiary/aromatic N) is 2. The molecule has 0 unspecified atom stereocenters. The summed E-state index contributed by atoms with van der Waals surface area (Å²) in [7, 11) is -3.96. The minimum Gasteiger partial charge on any atom is -0.400 e. The lowest BCUT2D eigenvalue weighted by Crippen LogP contribution is -2.11. The Balaban J connectivity index is 1.93. The smallest absolute Gasteiger partial charge is 0.400 e. The molecule has 0 spiro atoms. The van der Waals surface area contributed by atoms with E-state index in [9.17, 15) is 14.7 Å². The number of nitro groups is 1. The van der Waals surface area contributed by atoms with E-state index in [1.165, 1.54) is 12.1 Å². The Morgan fingerprint density at radius 2 is 1.46 bits per heavy atom. The molecule has 0 aliphatic rings. The highest BCUT2D eigenvalue weighted by Gasteiger charge is 2.31. The molecule has 1 aromatic heterocycles. The Bertz CT molecular complexity index is 988. The van der Waals surface area contributed by atoms with E-state index in [0.717, 1.165) is 17.3 Å². The van der Waals surface area contributed by atoms with Gasteiger partial charge in [0.1, 0.15) is 23.5 Å². The van der Waals surface area contributed by atoms with Crippen LogP contribution in [0.3, 0.4) is 0 Å². The molecule has 0 fully saturated rings. The fraction of sp³-hybridized carbons (Fsp3) is 0.105. The van der Waals surface area contributed by atoms with Crippen molar-refractivity contribution in [2.75, 3.05) is 5.09 Å². The Hall–Kier alpha value is -3.38. The molecule has 0 aliphatic carbocycles. The maximum Gasteiger partial charge on any atom is 0.542 e. The molecular formula is C19H18N3O5P. The summed E-state index contributed by atoms with van der Waals surface area (Å²) in [5, 5.41) is 13.4. The number of para-hydroxylation sites is 2. The lowest BCUT2D eigenvalue weighted by Gasteiger charge is -2.22. The molecule has 9 heteroatoms. The first-order valence-corrected chi connectivity index (χ1v) is 9.90. The second-order valence-electron chi connectivity index (χ2n) is 5.98. The van der Waals surface area contributed by atoms with Crippen LogP contribution in [-0.4, -0.2) is 9.91 Å². The molecule has 3 rings (SSSR count). The first-order chi connectivity index (χ1) is 13.4. The Morgan fingerprint density at radius 1 is 0.929 bits per heavy atom. The molecule has 0 amide bonds. The highest BCUT2D eigenvalue weighted by molar-refractivity contribution is 7.56. The number of hydrogen-bond acceptors (Lipinski definition) is 6. The molecule has 0 bridgehead atoms. The van der Waals surface area contributed by atoms with Gasteiger partial charge in [0, 0.05) is 6.07 Å². The van der Waals surface area contributed by atoms with Gasteiger partial charge in [-0.05, 0) is 43.2 Å². The van der Waals surface area contributed by atoms with Crippen molar-refractivity contribution in [2.45, 2.75) is 13.8 Å². The third kappa shape index (κ3) is 4.66. The first-order valence-electron chi connectivity index (χ1n) is 8.35. The van der Waals surface area contributed by atoms with Crippen molar-refractivity contribution in [1.82, 2.24) is 4.98 Å². The summed E-state index contributed by atoms with van der Waals surface area (Å²) in [6, 6.07) is 16.8. The standard InChI is InChI=1S/C19H18N3O5P/c1-14-7-3-5-9-17(14)26-28(25,27-18-10-6-4-8-15(18)2)21-19-12-11-16(13-20-19)22(23)24/h3-13H,1-2H3,(H,20,21,25). The average Bonchev–Trinajstić information content (AvgIpc) is 2.66. The quantitative estimate of drug-likeness (QED) is 0.327. The highest BCUT2D eigenvalue weighted by Crippen LogP contribution is 2.49. The van der Waals surface area contributed by atoms with Crippen molar-refractivity contribution in [3.63, 3.8) is 0 Å². The Morgan fingerprint density at radius 3 is 1.89 bits per heavy atom. The van der Waals surface area contributed by atoms with Crippen molar-refractivity contribution < 1.29 is 18.5 Å². The van der Waals surface area contributed by atoms with Crippen LogP contribution in [0.2, 0.25) is 0 Å². The largest absolute Gasteiger partial charge is 0.542 e. The van der Waals surface area contributed by atoms with Gasteiger partial charge >= 0.3 is 7.75 Å². The monoisotopic (exact) mass is 399 g/mol. The number of aromatic nitrogens is 1. The number of nitrogens with one attached hydrogen (secondary N) is 1. The lowest BCUT2D eigenvalue weighted by atomic mass is 10.2. The van der Waals surface area contributed by atoms with Gasteiger partial charge in [0.15, 0.2) is 0 Å². The van der Waals surface area contributed by atoms with E-state index in [-0.39, 0.29) is 11.5 Å². The SMILES string of the molecule is Cc1ccccc1OP(=O)(Nc1ccc([N+](=O)[O-])cn1)Oc1ccccc1C. The van der Waals surface area contributed by atoms with E-state index >= 15 is 0 Å².